The minimum Gasteiger partial charge on any atom is -0.352 e. The van der Waals surface area contributed by atoms with Gasteiger partial charge in [-0.1, -0.05) is 30.8 Å². The number of thioether (sulfide) groups is 1. The van der Waals surface area contributed by atoms with Gasteiger partial charge in [-0.05, 0) is 18.7 Å². The van der Waals surface area contributed by atoms with E-state index in [4.69, 9.17) is 0 Å². The van der Waals surface area contributed by atoms with E-state index in [0.717, 1.165) is 44.3 Å². The van der Waals surface area contributed by atoms with E-state index in [9.17, 15) is 4.79 Å². The van der Waals surface area contributed by atoms with E-state index >= 15 is 0 Å². The van der Waals surface area contributed by atoms with Crippen LogP contribution >= 0.6 is 11.8 Å². The molecular formula is C17H26N4OS. The Morgan fingerprint density at radius 2 is 2.13 bits per heavy atom. The minimum absolute atomic E-state index is 0.0541. The van der Waals surface area contributed by atoms with Gasteiger partial charge in [0.05, 0.1) is 5.03 Å². The fourth-order valence-electron chi connectivity index (χ4n) is 2.55. The van der Waals surface area contributed by atoms with Crippen molar-refractivity contribution in [3.8, 4) is 0 Å². The van der Waals surface area contributed by atoms with Gasteiger partial charge in [-0.3, -0.25) is 9.69 Å². The zero-order chi connectivity index (χ0) is 16.5. The zero-order valence-corrected chi connectivity index (χ0v) is 14.6. The van der Waals surface area contributed by atoms with Crippen molar-refractivity contribution in [2.24, 2.45) is 0 Å². The van der Waals surface area contributed by atoms with Crippen molar-refractivity contribution in [1.29, 1.82) is 0 Å². The van der Waals surface area contributed by atoms with Crippen molar-refractivity contribution >= 4 is 17.7 Å². The van der Waals surface area contributed by atoms with Gasteiger partial charge in [0.1, 0.15) is 5.25 Å². The zero-order valence-electron chi connectivity index (χ0n) is 13.8. The second kappa shape index (κ2) is 9.70. The Morgan fingerprint density at radius 1 is 1.39 bits per heavy atom. The Kier molecular flexibility index (Phi) is 7.58. The molecule has 5 nitrogen and oxygen atoms in total. The van der Waals surface area contributed by atoms with Crippen LogP contribution in [0.1, 0.15) is 6.92 Å². The number of pyridine rings is 1. The van der Waals surface area contributed by atoms with E-state index in [0.29, 0.717) is 6.54 Å². The van der Waals surface area contributed by atoms with Crippen molar-refractivity contribution in [1.82, 2.24) is 20.1 Å². The van der Waals surface area contributed by atoms with Crippen molar-refractivity contribution in [2.75, 3.05) is 45.8 Å². The lowest BCUT2D eigenvalue weighted by atomic mass is 10.2. The number of hydrogen-bond donors (Lipinski definition) is 1. The van der Waals surface area contributed by atoms with Gasteiger partial charge in [-0.2, -0.15) is 0 Å². The van der Waals surface area contributed by atoms with Crippen LogP contribution in [0.3, 0.4) is 0 Å². The average Bonchev–Trinajstić information content (AvgIpc) is 2.60. The Morgan fingerprint density at radius 3 is 2.74 bits per heavy atom. The van der Waals surface area contributed by atoms with Crippen LogP contribution < -0.4 is 5.32 Å². The summed E-state index contributed by atoms with van der Waals surface area (Å²) in [6, 6.07) is 5.79. The van der Waals surface area contributed by atoms with Crippen LogP contribution in [0, 0.1) is 0 Å². The van der Waals surface area contributed by atoms with E-state index in [1.807, 2.05) is 18.2 Å². The Balaban J connectivity index is 1.95. The maximum atomic E-state index is 12.5. The van der Waals surface area contributed by atoms with Gasteiger partial charge in [0, 0.05) is 45.5 Å². The average molecular weight is 334 g/mol. The predicted octanol–water partition coefficient (Wildman–Crippen LogP) is 1.48. The normalized spacial score (nSPS) is 17.6. The lowest BCUT2D eigenvalue weighted by molar-refractivity contribution is -0.120. The molecule has 1 aromatic rings. The first-order chi connectivity index (χ1) is 11.2. The van der Waals surface area contributed by atoms with Crippen LogP contribution in [0.5, 0.6) is 0 Å². The van der Waals surface area contributed by atoms with E-state index < -0.39 is 0 Å². The van der Waals surface area contributed by atoms with Crippen molar-refractivity contribution in [2.45, 2.75) is 17.2 Å². The number of carbonyl (C=O) groups excluding carboxylic acids is 1. The molecule has 1 amide bonds. The van der Waals surface area contributed by atoms with Crippen LogP contribution in [-0.4, -0.2) is 71.8 Å². The number of rotatable bonds is 8. The summed E-state index contributed by atoms with van der Waals surface area (Å²) >= 11 is 1.53. The second-order valence-electron chi connectivity index (χ2n) is 5.54. The van der Waals surface area contributed by atoms with Crippen LogP contribution in [0.25, 0.3) is 0 Å². The molecule has 0 aliphatic carbocycles. The monoisotopic (exact) mass is 334 g/mol. The quantitative estimate of drug-likeness (QED) is 0.576. The molecule has 1 fully saturated rings. The molecule has 1 saturated heterocycles. The number of likely N-dealkylation sites (N-methyl/N-ethyl adjacent to an activating group) is 1. The summed E-state index contributed by atoms with van der Waals surface area (Å²) in [5.74, 6) is 0.0541. The number of piperazine rings is 1. The second-order valence-corrected chi connectivity index (χ2v) is 6.77. The third-order valence-corrected chi connectivity index (χ3v) is 5.08. The van der Waals surface area contributed by atoms with Crippen LogP contribution in [-0.2, 0) is 4.79 Å². The Labute approximate surface area is 143 Å². The van der Waals surface area contributed by atoms with Crippen LogP contribution in [0.15, 0.2) is 42.1 Å². The summed E-state index contributed by atoms with van der Waals surface area (Å²) in [5.41, 5.74) is 0. The van der Waals surface area contributed by atoms with Gasteiger partial charge >= 0.3 is 0 Å². The van der Waals surface area contributed by atoms with Gasteiger partial charge in [-0.25, -0.2) is 4.98 Å². The van der Waals surface area contributed by atoms with Gasteiger partial charge in [-0.15, -0.1) is 6.58 Å². The minimum atomic E-state index is -0.155. The topological polar surface area (TPSA) is 48.5 Å². The summed E-state index contributed by atoms with van der Waals surface area (Å²) < 4.78 is 0. The molecule has 0 saturated carbocycles. The molecule has 1 aromatic heterocycles. The molecule has 1 aliphatic rings. The molecule has 0 radical (unpaired) electrons. The predicted molar refractivity (Wildman–Crippen MR) is 95.6 cm³/mol. The molecular weight excluding hydrogens is 308 g/mol. The highest BCUT2D eigenvalue weighted by Gasteiger charge is 2.25. The number of amides is 1. The van der Waals surface area contributed by atoms with E-state index in [1.54, 1.807) is 12.3 Å². The van der Waals surface area contributed by atoms with Crippen molar-refractivity contribution in [3.05, 3.63) is 37.1 Å². The SMILES string of the molecule is C=CCNC(=O)C(CN1CCN(CC)CC1)Sc1ccccn1. The fourth-order valence-corrected chi connectivity index (χ4v) is 3.59. The first-order valence-electron chi connectivity index (χ1n) is 8.14. The summed E-state index contributed by atoms with van der Waals surface area (Å²) in [6.07, 6.45) is 3.47. The number of carbonyl (C=O) groups is 1. The molecule has 2 heterocycles. The fraction of sp³-hybridized carbons (Fsp3) is 0.529. The van der Waals surface area contributed by atoms with Crippen LogP contribution in [0.4, 0.5) is 0 Å². The molecule has 0 spiro atoms. The largest absolute Gasteiger partial charge is 0.352 e. The smallest absolute Gasteiger partial charge is 0.235 e. The van der Waals surface area contributed by atoms with E-state index in [2.05, 4.69) is 33.6 Å². The molecule has 23 heavy (non-hydrogen) atoms. The molecule has 126 valence electrons. The van der Waals surface area contributed by atoms with Gasteiger partial charge < -0.3 is 10.2 Å². The standard InChI is InChI=1S/C17H26N4OS/c1-3-8-19-17(22)15(23-16-7-5-6-9-18-16)14-21-12-10-20(4-2)11-13-21/h3,5-7,9,15H,1,4,8,10-14H2,2H3,(H,19,22). The van der Waals surface area contributed by atoms with Gasteiger partial charge in [0.25, 0.3) is 0 Å². The van der Waals surface area contributed by atoms with E-state index in [1.165, 1.54) is 11.8 Å². The first kappa shape index (κ1) is 18.0. The van der Waals surface area contributed by atoms with Crippen LogP contribution in [0.2, 0.25) is 0 Å². The van der Waals surface area contributed by atoms with E-state index in [-0.39, 0.29) is 11.2 Å². The summed E-state index contributed by atoms with van der Waals surface area (Å²) in [7, 11) is 0. The number of aromatic nitrogens is 1. The highest BCUT2D eigenvalue weighted by atomic mass is 32.2. The summed E-state index contributed by atoms with van der Waals surface area (Å²) in [6.45, 7) is 12.4. The molecule has 0 aromatic carbocycles. The molecule has 1 aliphatic heterocycles. The maximum absolute atomic E-state index is 12.5. The highest BCUT2D eigenvalue weighted by molar-refractivity contribution is 8.00. The number of hydrogen-bond acceptors (Lipinski definition) is 5. The first-order valence-corrected chi connectivity index (χ1v) is 9.02. The lowest BCUT2D eigenvalue weighted by Gasteiger charge is -2.35. The van der Waals surface area contributed by atoms with Crippen molar-refractivity contribution in [3.63, 3.8) is 0 Å². The molecule has 6 heteroatoms. The Hall–Kier alpha value is -1.37. The summed E-state index contributed by atoms with van der Waals surface area (Å²) in [4.78, 5) is 21.6. The van der Waals surface area contributed by atoms with Crippen molar-refractivity contribution < 1.29 is 4.79 Å². The number of nitrogens with one attached hydrogen (secondary N) is 1. The van der Waals surface area contributed by atoms with Gasteiger partial charge in [0.2, 0.25) is 5.91 Å². The molecule has 1 unspecified atom stereocenters. The molecule has 1 N–H and O–H groups in total. The van der Waals surface area contributed by atoms with Gasteiger partial charge in [0.15, 0.2) is 0 Å². The molecule has 1 atom stereocenters. The number of nitrogens with zero attached hydrogens (tertiary/aromatic N) is 3. The molecule has 0 bridgehead atoms. The third-order valence-electron chi connectivity index (χ3n) is 3.95. The lowest BCUT2D eigenvalue weighted by Crippen LogP contribution is -2.50. The summed E-state index contributed by atoms with van der Waals surface area (Å²) in [5, 5.41) is 3.65. The Bertz CT molecular complexity index is 489. The highest BCUT2D eigenvalue weighted by Crippen LogP contribution is 2.22. The molecule has 2 rings (SSSR count). The maximum Gasteiger partial charge on any atom is 0.235 e. The third kappa shape index (κ3) is 5.97.